The lowest BCUT2D eigenvalue weighted by Gasteiger charge is -2.48. The summed E-state index contributed by atoms with van der Waals surface area (Å²) in [5.74, 6) is -0.0128. The third-order valence-corrected chi connectivity index (χ3v) is 8.61. The van der Waals surface area contributed by atoms with Crippen LogP contribution in [0.2, 0.25) is 0 Å². The van der Waals surface area contributed by atoms with E-state index in [-0.39, 0.29) is 17.5 Å². The molecule has 2 unspecified atom stereocenters. The fourth-order valence-corrected chi connectivity index (χ4v) is 6.86. The van der Waals surface area contributed by atoms with Gasteiger partial charge in [0.05, 0.1) is 35.6 Å². The maximum Gasteiger partial charge on any atom is 0.190 e. The highest BCUT2D eigenvalue weighted by molar-refractivity contribution is 7.97. The van der Waals surface area contributed by atoms with Crippen LogP contribution in [0, 0.1) is 17.2 Å². The quantitative estimate of drug-likeness (QED) is 0.286. The predicted octanol–water partition coefficient (Wildman–Crippen LogP) is 4.08. The molecule has 0 amide bonds. The average molecular weight is 510 g/mol. The maximum absolute atomic E-state index is 14.0. The first-order chi connectivity index (χ1) is 17.1. The molecule has 1 fully saturated rings. The maximum atomic E-state index is 14.0. The Balaban J connectivity index is 1.35. The molecule has 0 spiro atoms. The molecule has 180 valence electrons. The molecule has 0 saturated carbocycles. The van der Waals surface area contributed by atoms with Gasteiger partial charge in [0.25, 0.3) is 0 Å². The molecule has 0 N–H and O–H groups in total. The number of halogens is 1. The molecule has 4 aromatic rings. The highest BCUT2D eigenvalue weighted by Crippen LogP contribution is 2.49. The van der Waals surface area contributed by atoms with Crippen LogP contribution in [-0.2, 0) is 19.4 Å². The van der Waals surface area contributed by atoms with Gasteiger partial charge in [-0.3, -0.25) is 4.79 Å². The lowest BCUT2D eigenvalue weighted by molar-refractivity contribution is 0.0412. The van der Waals surface area contributed by atoms with E-state index in [1.807, 2.05) is 23.2 Å². The van der Waals surface area contributed by atoms with Crippen LogP contribution in [-0.4, -0.2) is 52.9 Å². The Hall–Kier alpha value is -2.89. The minimum Gasteiger partial charge on any atom is -0.292 e. The van der Waals surface area contributed by atoms with Crippen molar-refractivity contribution in [3.63, 3.8) is 0 Å². The van der Waals surface area contributed by atoms with Gasteiger partial charge in [0.15, 0.2) is 10.8 Å². The van der Waals surface area contributed by atoms with Crippen molar-refractivity contribution in [3.05, 3.63) is 70.3 Å². The van der Waals surface area contributed by atoms with Crippen molar-refractivity contribution in [1.29, 1.82) is 0 Å². The summed E-state index contributed by atoms with van der Waals surface area (Å²) in [6.45, 7) is 4.18. The summed E-state index contributed by atoms with van der Waals surface area (Å²) in [7, 11) is 0. The van der Waals surface area contributed by atoms with Crippen molar-refractivity contribution < 1.29 is 9.18 Å². The van der Waals surface area contributed by atoms with Crippen LogP contribution in [0.15, 0.2) is 52.6 Å². The van der Waals surface area contributed by atoms with E-state index < -0.39 is 5.41 Å². The third-order valence-electron chi connectivity index (χ3n) is 7.08. The zero-order valence-electron chi connectivity index (χ0n) is 19.2. The number of hydrogen-bond donors (Lipinski definition) is 0. The molecule has 11 heteroatoms. The molecule has 1 aromatic carbocycles. The molecule has 2 aliphatic rings. The van der Waals surface area contributed by atoms with Gasteiger partial charge < -0.3 is 0 Å². The van der Waals surface area contributed by atoms with Crippen LogP contribution in [0.3, 0.4) is 0 Å². The molecular weight excluding hydrogens is 485 g/mol. The van der Waals surface area contributed by atoms with E-state index in [4.69, 9.17) is 0 Å². The number of carbonyl (C=O) groups excluding carboxylic acids is 1. The molecule has 2 atom stereocenters. The van der Waals surface area contributed by atoms with Crippen LogP contribution in [0.4, 0.5) is 4.39 Å². The number of aromatic nitrogens is 6. The number of piperidine rings is 1. The average Bonchev–Trinajstić information content (AvgIpc) is 3.64. The smallest absolute Gasteiger partial charge is 0.190 e. The number of Topliss-reactive ketones (excluding diaryl/α,β-unsaturated/α-hetero) is 1. The number of aryl methyl sites for hydroxylation is 1. The molecule has 3 aromatic heterocycles. The number of benzene rings is 1. The molecule has 0 bridgehead atoms. The van der Waals surface area contributed by atoms with E-state index in [0.29, 0.717) is 18.7 Å². The molecule has 6 rings (SSSR count). The fourth-order valence-electron chi connectivity index (χ4n) is 5.35. The zero-order chi connectivity index (χ0) is 24.0. The van der Waals surface area contributed by atoms with Crippen molar-refractivity contribution in [2.45, 2.75) is 37.8 Å². The van der Waals surface area contributed by atoms with Crippen molar-refractivity contribution in [3.8, 4) is 5.69 Å². The van der Waals surface area contributed by atoms with Gasteiger partial charge in [-0.05, 0) is 73.9 Å². The summed E-state index contributed by atoms with van der Waals surface area (Å²) < 4.78 is 17.6. The Kier molecular flexibility index (Phi) is 5.78. The van der Waals surface area contributed by atoms with Crippen LogP contribution in [0.25, 0.3) is 5.69 Å². The Bertz CT molecular complexity index is 1350. The van der Waals surface area contributed by atoms with Gasteiger partial charge in [0, 0.05) is 24.2 Å². The monoisotopic (exact) mass is 509 g/mol. The summed E-state index contributed by atoms with van der Waals surface area (Å²) in [4.78, 5) is 20.0. The lowest BCUT2D eigenvalue weighted by Crippen LogP contribution is -2.55. The van der Waals surface area contributed by atoms with Crippen molar-refractivity contribution in [2.24, 2.45) is 11.3 Å². The molecule has 0 radical (unpaired) electrons. The summed E-state index contributed by atoms with van der Waals surface area (Å²) in [5, 5.41) is 16.1. The zero-order valence-corrected chi connectivity index (χ0v) is 20.8. The predicted molar refractivity (Wildman–Crippen MR) is 131 cm³/mol. The van der Waals surface area contributed by atoms with Gasteiger partial charge in [-0.2, -0.15) is 15.0 Å². The van der Waals surface area contributed by atoms with Crippen LogP contribution in [0.1, 0.15) is 35.1 Å². The SMILES string of the molecule is CCn1ncc(SN2CCC3Cc4c(cnn4-c4ccc(F)cc4)CC3(C(=O)c3cscn3)C2)n1. The van der Waals surface area contributed by atoms with Crippen LogP contribution in [0.5, 0.6) is 0 Å². The molecule has 8 nitrogen and oxygen atoms in total. The Morgan fingerprint density at radius 1 is 1.26 bits per heavy atom. The highest BCUT2D eigenvalue weighted by atomic mass is 32.2. The van der Waals surface area contributed by atoms with E-state index in [0.717, 1.165) is 47.9 Å². The number of fused-ring (bicyclic) bond motifs is 2. The fraction of sp³-hybridized carbons (Fsp3) is 0.375. The van der Waals surface area contributed by atoms with E-state index in [1.54, 1.807) is 40.6 Å². The minimum atomic E-state index is -0.594. The summed E-state index contributed by atoms with van der Waals surface area (Å²) in [6.07, 6.45) is 5.86. The van der Waals surface area contributed by atoms with Crippen LogP contribution >= 0.6 is 23.3 Å². The van der Waals surface area contributed by atoms with E-state index in [9.17, 15) is 9.18 Å². The van der Waals surface area contributed by atoms with Gasteiger partial charge in [-0.15, -0.1) is 16.4 Å². The molecule has 1 aliphatic carbocycles. The number of thiazole rings is 1. The summed E-state index contributed by atoms with van der Waals surface area (Å²) in [5.41, 5.74) is 4.67. The standard InChI is InChI=1S/C24H24FN7OS2/c1-2-31-27-12-22(29-31)35-30-8-7-17-9-21-16(11-28-32(21)19-5-3-18(25)4-6-19)10-24(17,14-30)23(33)20-13-34-15-26-20/h3-6,11-13,15,17H,2,7-10,14H2,1H3. The van der Waals surface area contributed by atoms with Gasteiger partial charge in [0.1, 0.15) is 11.5 Å². The normalized spacial score (nSPS) is 22.1. The van der Waals surface area contributed by atoms with Gasteiger partial charge >= 0.3 is 0 Å². The van der Waals surface area contributed by atoms with E-state index in [2.05, 4.69) is 24.6 Å². The Labute approximate surface area is 210 Å². The summed E-state index contributed by atoms with van der Waals surface area (Å²) >= 11 is 3.01. The topological polar surface area (TPSA) is 81.7 Å². The Morgan fingerprint density at radius 3 is 2.86 bits per heavy atom. The minimum absolute atomic E-state index is 0.103. The second-order valence-corrected chi connectivity index (χ2v) is 10.9. The molecule has 1 aliphatic heterocycles. The number of ketones is 1. The van der Waals surface area contributed by atoms with Gasteiger partial charge in [0.2, 0.25) is 0 Å². The first-order valence-electron chi connectivity index (χ1n) is 11.6. The molecule has 1 saturated heterocycles. The van der Waals surface area contributed by atoms with E-state index in [1.165, 1.54) is 23.5 Å². The van der Waals surface area contributed by atoms with Gasteiger partial charge in [-0.1, -0.05) is 0 Å². The van der Waals surface area contributed by atoms with Crippen LogP contribution < -0.4 is 0 Å². The second kappa shape index (κ2) is 8.96. The third kappa shape index (κ3) is 4.01. The largest absolute Gasteiger partial charge is 0.292 e. The van der Waals surface area contributed by atoms with Crippen molar-refractivity contribution in [1.82, 2.24) is 34.1 Å². The van der Waals surface area contributed by atoms with E-state index >= 15 is 0 Å². The van der Waals surface area contributed by atoms with Gasteiger partial charge in [-0.25, -0.2) is 18.4 Å². The Morgan fingerprint density at radius 2 is 2.11 bits per heavy atom. The van der Waals surface area contributed by atoms with Crippen molar-refractivity contribution in [2.75, 3.05) is 13.1 Å². The van der Waals surface area contributed by atoms with Crippen molar-refractivity contribution >= 4 is 29.1 Å². The number of rotatable bonds is 6. The number of hydrogen-bond acceptors (Lipinski definition) is 8. The molecule has 4 heterocycles. The molecular formula is C24H24FN7OS2. The number of carbonyl (C=O) groups is 1. The first-order valence-corrected chi connectivity index (χ1v) is 13.3. The lowest BCUT2D eigenvalue weighted by atomic mass is 9.60. The number of nitrogens with zero attached hydrogens (tertiary/aromatic N) is 7. The molecule has 35 heavy (non-hydrogen) atoms. The summed E-state index contributed by atoms with van der Waals surface area (Å²) in [6, 6.07) is 6.39. The first kappa shape index (κ1) is 22.6. The highest BCUT2D eigenvalue weighted by Gasteiger charge is 2.53. The second-order valence-electron chi connectivity index (χ2n) is 9.06.